The molecule has 1 aromatic rings. The van der Waals surface area contributed by atoms with E-state index < -0.39 is 0 Å². The van der Waals surface area contributed by atoms with Crippen molar-refractivity contribution in [1.29, 1.82) is 0 Å². The first-order valence-electron chi connectivity index (χ1n) is 4.60. The van der Waals surface area contributed by atoms with Crippen LogP contribution in [0.5, 0.6) is 0 Å². The lowest BCUT2D eigenvalue weighted by Gasteiger charge is -2.18. The number of ether oxygens (including phenoxy) is 1. The van der Waals surface area contributed by atoms with E-state index in [0.29, 0.717) is 0 Å². The van der Waals surface area contributed by atoms with Crippen LogP contribution in [-0.2, 0) is 11.2 Å². The van der Waals surface area contributed by atoms with E-state index in [9.17, 15) is 0 Å². The number of benzene rings is 1. The molecular weight excluding hydrogens is 160 g/mol. The maximum Gasteiger partial charge on any atom is 0.0795 e. The average Bonchev–Trinajstić information content (AvgIpc) is 2.17. The van der Waals surface area contributed by atoms with Gasteiger partial charge in [-0.25, -0.2) is 0 Å². The van der Waals surface area contributed by atoms with Gasteiger partial charge in [-0.15, -0.1) is 0 Å². The van der Waals surface area contributed by atoms with Crippen LogP contribution in [0, 0.1) is 6.92 Å². The van der Waals surface area contributed by atoms with E-state index in [1.54, 1.807) is 7.11 Å². The predicted octanol–water partition coefficient (Wildman–Crippen LogP) is 2.58. The Kier molecular flexibility index (Phi) is 2.19. The number of methoxy groups -OCH3 is 1. The molecule has 0 aliphatic heterocycles. The number of hydrogen-bond donors (Lipinski definition) is 0. The van der Waals surface area contributed by atoms with Crippen molar-refractivity contribution < 1.29 is 4.74 Å². The Bertz CT molecular complexity index is 339. The Hall–Kier alpha value is -1.08. The van der Waals surface area contributed by atoms with Gasteiger partial charge < -0.3 is 4.74 Å². The second-order valence-corrected chi connectivity index (χ2v) is 3.54. The number of fused-ring (bicyclic) bond motifs is 1. The van der Waals surface area contributed by atoms with Crippen molar-refractivity contribution in [2.24, 2.45) is 0 Å². The molecule has 1 heteroatoms. The van der Waals surface area contributed by atoms with Crippen LogP contribution in [0.3, 0.4) is 0 Å². The zero-order chi connectivity index (χ0) is 9.26. The van der Waals surface area contributed by atoms with Gasteiger partial charge in [-0.2, -0.15) is 0 Å². The lowest BCUT2D eigenvalue weighted by atomic mass is 9.94. The van der Waals surface area contributed by atoms with E-state index in [1.807, 2.05) is 0 Å². The lowest BCUT2D eigenvalue weighted by molar-refractivity contribution is 0.141. The molecule has 1 aliphatic rings. The van der Waals surface area contributed by atoms with Crippen molar-refractivity contribution in [3.05, 3.63) is 41.0 Å². The second kappa shape index (κ2) is 3.35. The van der Waals surface area contributed by atoms with E-state index in [4.69, 9.17) is 4.74 Å². The summed E-state index contributed by atoms with van der Waals surface area (Å²) in [5.41, 5.74) is 4.05. The van der Waals surface area contributed by atoms with Crippen LogP contribution < -0.4 is 0 Å². The van der Waals surface area contributed by atoms with E-state index >= 15 is 0 Å². The van der Waals surface area contributed by atoms with Gasteiger partial charge in [0.1, 0.15) is 0 Å². The first kappa shape index (κ1) is 8.52. The molecule has 0 saturated carbocycles. The molecule has 1 atom stereocenters. The van der Waals surface area contributed by atoms with Gasteiger partial charge in [0, 0.05) is 13.5 Å². The lowest BCUT2D eigenvalue weighted by Crippen LogP contribution is -2.14. The molecule has 0 bridgehead atoms. The first-order chi connectivity index (χ1) is 6.29. The van der Waals surface area contributed by atoms with Crippen LogP contribution in [0.25, 0.3) is 6.08 Å². The van der Waals surface area contributed by atoms with Crippen LogP contribution in [0.15, 0.2) is 24.3 Å². The van der Waals surface area contributed by atoms with Crippen molar-refractivity contribution in [2.75, 3.05) is 7.11 Å². The van der Waals surface area contributed by atoms with Crippen molar-refractivity contribution in [3.8, 4) is 0 Å². The molecular formula is C12H14O. The van der Waals surface area contributed by atoms with Crippen LogP contribution in [0.4, 0.5) is 0 Å². The minimum atomic E-state index is 0.259. The Morgan fingerprint density at radius 1 is 1.38 bits per heavy atom. The van der Waals surface area contributed by atoms with Gasteiger partial charge in [0.15, 0.2) is 0 Å². The molecule has 0 N–H and O–H groups in total. The number of hydrogen-bond acceptors (Lipinski definition) is 1. The van der Waals surface area contributed by atoms with Gasteiger partial charge in [-0.3, -0.25) is 0 Å². The van der Waals surface area contributed by atoms with Gasteiger partial charge in [0.05, 0.1) is 6.10 Å². The molecule has 1 nitrogen and oxygen atoms in total. The Balaban J connectivity index is 2.35. The van der Waals surface area contributed by atoms with E-state index in [-0.39, 0.29) is 6.10 Å². The third-order valence-electron chi connectivity index (χ3n) is 2.52. The summed E-state index contributed by atoms with van der Waals surface area (Å²) in [6, 6.07) is 6.57. The minimum absolute atomic E-state index is 0.259. The summed E-state index contributed by atoms with van der Waals surface area (Å²) >= 11 is 0. The summed E-state index contributed by atoms with van der Waals surface area (Å²) in [7, 11) is 1.76. The summed E-state index contributed by atoms with van der Waals surface area (Å²) < 4.78 is 5.29. The Morgan fingerprint density at radius 3 is 3.00 bits per heavy atom. The van der Waals surface area contributed by atoms with E-state index in [0.717, 1.165) is 6.42 Å². The molecule has 0 fully saturated rings. The standard InChI is InChI=1S/C12H14O/c1-9-3-4-11-8-12(13-2)6-5-10(11)7-9/h3-7,12H,8H2,1-2H3. The molecule has 1 aliphatic carbocycles. The second-order valence-electron chi connectivity index (χ2n) is 3.54. The molecule has 2 rings (SSSR count). The summed E-state index contributed by atoms with van der Waals surface area (Å²) in [6.45, 7) is 2.12. The number of rotatable bonds is 1. The van der Waals surface area contributed by atoms with Gasteiger partial charge in [0.2, 0.25) is 0 Å². The summed E-state index contributed by atoms with van der Waals surface area (Å²) in [4.78, 5) is 0. The summed E-state index contributed by atoms with van der Waals surface area (Å²) in [6.07, 6.45) is 5.54. The molecule has 0 saturated heterocycles. The molecule has 1 unspecified atom stereocenters. The molecule has 0 amide bonds. The maximum absolute atomic E-state index is 5.29. The normalized spacial score (nSPS) is 20.0. The quantitative estimate of drug-likeness (QED) is 0.636. The van der Waals surface area contributed by atoms with E-state index in [2.05, 4.69) is 37.3 Å². The van der Waals surface area contributed by atoms with Gasteiger partial charge in [-0.05, 0) is 18.1 Å². The highest BCUT2D eigenvalue weighted by atomic mass is 16.5. The SMILES string of the molecule is COC1C=Cc2cc(C)ccc2C1. The van der Waals surface area contributed by atoms with Crippen LogP contribution >= 0.6 is 0 Å². The smallest absolute Gasteiger partial charge is 0.0795 e. The molecule has 1 aromatic carbocycles. The molecule has 68 valence electrons. The van der Waals surface area contributed by atoms with Gasteiger partial charge in [0.25, 0.3) is 0 Å². The maximum atomic E-state index is 5.29. The first-order valence-corrected chi connectivity index (χ1v) is 4.60. The molecule has 0 spiro atoms. The topological polar surface area (TPSA) is 9.23 Å². The molecule has 13 heavy (non-hydrogen) atoms. The van der Waals surface area contributed by atoms with Crippen molar-refractivity contribution >= 4 is 6.08 Å². The zero-order valence-electron chi connectivity index (χ0n) is 8.08. The summed E-state index contributed by atoms with van der Waals surface area (Å²) in [5.74, 6) is 0. The number of aryl methyl sites for hydroxylation is 1. The predicted molar refractivity (Wildman–Crippen MR) is 54.7 cm³/mol. The minimum Gasteiger partial charge on any atom is -0.377 e. The fourth-order valence-electron chi connectivity index (χ4n) is 1.71. The monoisotopic (exact) mass is 174 g/mol. The van der Waals surface area contributed by atoms with Gasteiger partial charge >= 0.3 is 0 Å². The van der Waals surface area contributed by atoms with Crippen LogP contribution in [0.1, 0.15) is 16.7 Å². The van der Waals surface area contributed by atoms with Gasteiger partial charge in [-0.1, -0.05) is 35.9 Å². The van der Waals surface area contributed by atoms with Crippen molar-refractivity contribution in [1.82, 2.24) is 0 Å². The Morgan fingerprint density at radius 2 is 2.23 bits per heavy atom. The average molecular weight is 174 g/mol. The third kappa shape index (κ3) is 1.65. The zero-order valence-corrected chi connectivity index (χ0v) is 8.08. The van der Waals surface area contributed by atoms with E-state index in [1.165, 1.54) is 16.7 Å². The molecule has 0 heterocycles. The van der Waals surface area contributed by atoms with Crippen molar-refractivity contribution in [3.63, 3.8) is 0 Å². The Labute approximate surface area is 79.0 Å². The third-order valence-corrected chi connectivity index (χ3v) is 2.52. The molecule has 0 radical (unpaired) electrons. The highest BCUT2D eigenvalue weighted by Gasteiger charge is 2.12. The van der Waals surface area contributed by atoms with Crippen LogP contribution in [-0.4, -0.2) is 13.2 Å². The fourth-order valence-corrected chi connectivity index (χ4v) is 1.71. The largest absolute Gasteiger partial charge is 0.377 e. The van der Waals surface area contributed by atoms with Crippen LogP contribution in [0.2, 0.25) is 0 Å². The summed E-state index contributed by atoms with van der Waals surface area (Å²) in [5, 5.41) is 0. The molecule has 0 aromatic heterocycles. The highest BCUT2D eigenvalue weighted by Crippen LogP contribution is 2.21. The fraction of sp³-hybridized carbons (Fsp3) is 0.333. The highest BCUT2D eigenvalue weighted by molar-refractivity contribution is 5.58. The van der Waals surface area contributed by atoms with Crippen molar-refractivity contribution in [2.45, 2.75) is 19.4 Å².